The smallest absolute Gasteiger partial charge is 0.387 e. The summed E-state index contributed by atoms with van der Waals surface area (Å²) in [4.78, 5) is 0. The van der Waals surface area contributed by atoms with E-state index >= 15 is 0 Å². The minimum atomic E-state index is -2.89. The third-order valence-electron chi connectivity index (χ3n) is 2.72. The summed E-state index contributed by atoms with van der Waals surface area (Å²) >= 11 is 1.34. The van der Waals surface area contributed by atoms with Crippen molar-refractivity contribution in [1.82, 2.24) is 0 Å². The highest BCUT2D eigenvalue weighted by atomic mass is 32.2. The molecule has 23 heavy (non-hydrogen) atoms. The number of nitrogens with two attached hydrogens (primary N) is 1. The van der Waals surface area contributed by atoms with Gasteiger partial charge in [0, 0.05) is 11.3 Å². The Morgan fingerprint density at radius 3 is 2.57 bits per heavy atom. The van der Waals surface area contributed by atoms with Gasteiger partial charge in [-0.05, 0) is 17.7 Å². The molecule has 7 heteroatoms. The molecule has 2 N–H and O–H groups in total. The van der Waals surface area contributed by atoms with Crippen molar-refractivity contribution in [3.63, 3.8) is 0 Å². The third kappa shape index (κ3) is 6.07. The van der Waals surface area contributed by atoms with E-state index < -0.39 is 6.61 Å². The van der Waals surface area contributed by atoms with Gasteiger partial charge in [0.1, 0.15) is 5.75 Å². The highest BCUT2D eigenvalue weighted by Gasteiger charge is 2.07. The van der Waals surface area contributed by atoms with Gasteiger partial charge in [0.25, 0.3) is 0 Å². The number of benzene rings is 2. The van der Waals surface area contributed by atoms with Gasteiger partial charge in [-0.1, -0.05) is 54.2 Å². The second-order valence-electron chi connectivity index (χ2n) is 4.37. The maximum Gasteiger partial charge on any atom is 0.387 e. The van der Waals surface area contributed by atoms with E-state index in [9.17, 15) is 8.78 Å². The first-order valence-corrected chi connectivity index (χ1v) is 7.71. The van der Waals surface area contributed by atoms with Crippen molar-refractivity contribution in [3.05, 3.63) is 65.7 Å². The second-order valence-corrected chi connectivity index (χ2v) is 5.37. The Morgan fingerprint density at radius 2 is 1.83 bits per heavy atom. The Bertz CT molecular complexity index is 678. The lowest BCUT2D eigenvalue weighted by Gasteiger charge is -2.06. The maximum absolute atomic E-state index is 12.3. The number of halogens is 2. The molecule has 0 aliphatic carbocycles. The highest BCUT2D eigenvalue weighted by Crippen LogP contribution is 2.18. The van der Waals surface area contributed by atoms with Crippen LogP contribution in [0.4, 0.5) is 8.78 Å². The molecule has 2 aromatic rings. The SMILES string of the molecule is NC(=NN=Cc1ccccc1OC(F)F)SCc1ccccc1. The van der Waals surface area contributed by atoms with Crippen LogP contribution < -0.4 is 10.5 Å². The molecule has 0 spiro atoms. The van der Waals surface area contributed by atoms with E-state index in [0.717, 1.165) is 5.56 Å². The van der Waals surface area contributed by atoms with Crippen molar-refractivity contribution in [1.29, 1.82) is 0 Å². The van der Waals surface area contributed by atoms with E-state index in [4.69, 9.17) is 5.73 Å². The minimum Gasteiger partial charge on any atom is -0.434 e. The Kier molecular flexibility index (Phi) is 6.56. The van der Waals surface area contributed by atoms with Crippen LogP contribution in [-0.2, 0) is 5.75 Å². The van der Waals surface area contributed by atoms with Gasteiger partial charge in [0.15, 0.2) is 5.17 Å². The molecular formula is C16H15F2N3OS. The molecule has 0 bridgehead atoms. The summed E-state index contributed by atoms with van der Waals surface area (Å²) in [6.07, 6.45) is 1.33. The molecule has 2 aromatic carbocycles. The van der Waals surface area contributed by atoms with Gasteiger partial charge in [-0.15, -0.1) is 5.10 Å². The topological polar surface area (TPSA) is 60.0 Å². The molecule has 0 fully saturated rings. The quantitative estimate of drug-likeness (QED) is 0.495. The fraction of sp³-hybridized carbons (Fsp3) is 0.125. The summed E-state index contributed by atoms with van der Waals surface area (Å²) in [5.74, 6) is 0.716. The lowest BCUT2D eigenvalue weighted by atomic mass is 10.2. The molecular weight excluding hydrogens is 320 g/mol. The lowest BCUT2D eigenvalue weighted by Crippen LogP contribution is -2.06. The first-order valence-electron chi connectivity index (χ1n) is 6.72. The summed E-state index contributed by atoms with van der Waals surface area (Å²) in [5, 5.41) is 7.94. The highest BCUT2D eigenvalue weighted by molar-refractivity contribution is 8.13. The van der Waals surface area contributed by atoms with E-state index in [1.54, 1.807) is 18.2 Å². The van der Waals surface area contributed by atoms with Gasteiger partial charge in [-0.3, -0.25) is 0 Å². The van der Waals surface area contributed by atoms with Crippen LogP contribution in [0, 0.1) is 0 Å². The van der Waals surface area contributed by atoms with Crippen molar-refractivity contribution in [2.75, 3.05) is 0 Å². The first-order chi connectivity index (χ1) is 11.1. The monoisotopic (exact) mass is 335 g/mol. The molecule has 0 aliphatic heterocycles. The van der Waals surface area contributed by atoms with Crippen molar-refractivity contribution < 1.29 is 13.5 Å². The molecule has 0 atom stereocenters. The number of hydrogen-bond acceptors (Lipinski definition) is 4. The molecule has 120 valence electrons. The van der Waals surface area contributed by atoms with E-state index in [2.05, 4.69) is 14.9 Å². The van der Waals surface area contributed by atoms with E-state index in [0.29, 0.717) is 11.3 Å². The fourth-order valence-electron chi connectivity index (χ4n) is 1.70. The summed E-state index contributed by atoms with van der Waals surface area (Å²) in [7, 11) is 0. The van der Waals surface area contributed by atoms with E-state index in [-0.39, 0.29) is 10.9 Å². The fourth-order valence-corrected chi connectivity index (χ4v) is 2.31. The normalized spacial score (nSPS) is 12.0. The number of ether oxygens (including phenoxy) is 1. The number of alkyl halides is 2. The first kappa shape index (κ1) is 17.0. The molecule has 0 aliphatic rings. The number of para-hydroxylation sites is 1. The predicted octanol–water partition coefficient (Wildman–Crippen LogP) is 3.87. The van der Waals surface area contributed by atoms with Crippen LogP contribution in [0.3, 0.4) is 0 Å². The Morgan fingerprint density at radius 1 is 1.13 bits per heavy atom. The van der Waals surface area contributed by atoms with Crippen molar-refractivity contribution in [2.24, 2.45) is 15.9 Å². The largest absolute Gasteiger partial charge is 0.434 e. The van der Waals surface area contributed by atoms with E-state index in [1.165, 1.54) is 24.0 Å². The molecule has 0 saturated heterocycles. The van der Waals surface area contributed by atoms with Crippen LogP contribution in [0.25, 0.3) is 0 Å². The standard InChI is InChI=1S/C16H15F2N3OS/c17-15(18)22-14-9-5-4-8-13(14)10-20-21-16(19)23-11-12-6-2-1-3-7-12/h1-10,15H,11H2,(H2,19,21). The van der Waals surface area contributed by atoms with Gasteiger partial charge in [-0.2, -0.15) is 13.9 Å². The second kappa shape index (κ2) is 8.89. The van der Waals surface area contributed by atoms with Crippen molar-refractivity contribution in [2.45, 2.75) is 12.4 Å². The Hall–Kier alpha value is -2.41. The average Bonchev–Trinajstić information content (AvgIpc) is 2.55. The Labute approximate surface area is 137 Å². The molecule has 0 aromatic heterocycles. The van der Waals surface area contributed by atoms with E-state index in [1.807, 2.05) is 30.3 Å². The zero-order valence-electron chi connectivity index (χ0n) is 12.1. The van der Waals surface area contributed by atoms with Gasteiger partial charge < -0.3 is 10.5 Å². The summed E-state index contributed by atoms with van der Waals surface area (Å²) in [6, 6.07) is 16.1. The number of thioether (sulfide) groups is 1. The van der Waals surface area contributed by atoms with Crippen LogP contribution in [0.1, 0.15) is 11.1 Å². The summed E-state index contributed by atoms with van der Waals surface area (Å²) in [5.41, 5.74) is 7.27. The summed E-state index contributed by atoms with van der Waals surface area (Å²) < 4.78 is 29.0. The third-order valence-corrected chi connectivity index (χ3v) is 3.57. The maximum atomic E-state index is 12.3. The zero-order valence-corrected chi connectivity index (χ0v) is 12.9. The molecule has 0 radical (unpaired) electrons. The predicted molar refractivity (Wildman–Crippen MR) is 90.0 cm³/mol. The van der Waals surface area contributed by atoms with Gasteiger partial charge in [0.2, 0.25) is 0 Å². The number of hydrogen-bond donors (Lipinski definition) is 1. The number of nitrogens with zero attached hydrogens (tertiary/aromatic N) is 2. The lowest BCUT2D eigenvalue weighted by molar-refractivity contribution is -0.0499. The molecule has 0 heterocycles. The van der Waals surface area contributed by atoms with Gasteiger partial charge in [-0.25, -0.2) is 0 Å². The zero-order chi connectivity index (χ0) is 16.5. The van der Waals surface area contributed by atoms with Crippen LogP contribution in [0.2, 0.25) is 0 Å². The summed E-state index contributed by atoms with van der Waals surface area (Å²) in [6.45, 7) is -2.89. The average molecular weight is 335 g/mol. The molecule has 0 amide bonds. The molecule has 0 saturated carbocycles. The van der Waals surface area contributed by atoms with Crippen LogP contribution in [-0.4, -0.2) is 18.0 Å². The van der Waals surface area contributed by atoms with Crippen LogP contribution >= 0.6 is 11.8 Å². The number of amidine groups is 1. The Balaban J connectivity index is 1.94. The molecule has 4 nitrogen and oxygen atoms in total. The van der Waals surface area contributed by atoms with Crippen LogP contribution in [0.15, 0.2) is 64.8 Å². The number of rotatable bonds is 6. The van der Waals surface area contributed by atoms with Crippen molar-refractivity contribution >= 4 is 23.1 Å². The molecule has 2 rings (SSSR count). The van der Waals surface area contributed by atoms with Gasteiger partial charge in [0.05, 0.1) is 6.21 Å². The van der Waals surface area contributed by atoms with Gasteiger partial charge >= 0.3 is 6.61 Å². The van der Waals surface area contributed by atoms with Crippen molar-refractivity contribution in [3.8, 4) is 5.75 Å². The van der Waals surface area contributed by atoms with Crippen LogP contribution in [0.5, 0.6) is 5.75 Å². The minimum absolute atomic E-state index is 0.0389. The molecule has 0 unspecified atom stereocenters.